The van der Waals surface area contributed by atoms with Gasteiger partial charge in [0.15, 0.2) is 0 Å². The highest BCUT2D eigenvalue weighted by Crippen LogP contribution is 2.37. The molecule has 0 heterocycles. The summed E-state index contributed by atoms with van der Waals surface area (Å²) in [5, 5.41) is 0.856. The lowest BCUT2D eigenvalue weighted by atomic mass is 9.77. The molecular formula is C19H29Cl. The first-order chi connectivity index (χ1) is 9.79. The Labute approximate surface area is 129 Å². The molecule has 20 heavy (non-hydrogen) atoms. The minimum absolute atomic E-state index is 0.781. The van der Waals surface area contributed by atoms with E-state index in [1.165, 1.54) is 69.8 Å². The Balaban J connectivity index is 1.66. The molecule has 0 spiro atoms. The van der Waals surface area contributed by atoms with Gasteiger partial charge < -0.3 is 0 Å². The first kappa shape index (κ1) is 15.9. The van der Waals surface area contributed by atoms with Crippen LogP contribution in [0.15, 0.2) is 24.3 Å². The van der Waals surface area contributed by atoms with E-state index in [4.69, 9.17) is 11.6 Å². The van der Waals surface area contributed by atoms with Gasteiger partial charge in [0.1, 0.15) is 0 Å². The molecule has 0 aliphatic heterocycles. The second-order valence-electron chi connectivity index (χ2n) is 6.47. The lowest BCUT2D eigenvalue weighted by molar-refractivity contribution is 0.302. The molecule has 1 aromatic carbocycles. The first-order valence-corrected chi connectivity index (χ1v) is 8.93. The Hall–Kier alpha value is -0.490. The standard InChI is InChI=1S/C19H29Cl/c1-2-3-4-5-6-7-16-8-10-17(11-9-16)18-12-14-19(20)15-13-18/h12-17H,2-11H2,1H3/t16-,17-. The van der Waals surface area contributed by atoms with Crippen molar-refractivity contribution >= 4 is 11.6 Å². The molecule has 0 unspecified atom stereocenters. The minimum Gasteiger partial charge on any atom is -0.0843 e. The molecule has 1 aliphatic rings. The molecule has 0 atom stereocenters. The van der Waals surface area contributed by atoms with E-state index >= 15 is 0 Å². The fourth-order valence-corrected chi connectivity index (χ4v) is 3.68. The van der Waals surface area contributed by atoms with Crippen molar-refractivity contribution < 1.29 is 0 Å². The average molecular weight is 293 g/mol. The van der Waals surface area contributed by atoms with Crippen molar-refractivity contribution in [3.8, 4) is 0 Å². The van der Waals surface area contributed by atoms with Crippen LogP contribution in [0, 0.1) is 5.92 Å². The maximum atomic E-state index is 5.97. The molecular weight excluding hydrogens is 264 g/mol. The molecule has 0 saturated heterocycles. The van der Waals surface area contributed by atoms with Crippen LogP contribution in [-0.2, 0) is 0 Å². The molecule has 112 valence electrons. The van der Waals surface area contributed by atoms with E-state index in [1.807, 2.05) is 12.1 Å². The van der Waals surface area contributed by atoms with Gasteiger partial charge in [-0.25, -0.2) is 0 Å². The zero-order valence-corrected chi connectivity index (χ0v) is 13.7. The van der Waals surface area contributed by atoms with Gasteiger partial charge in [0.05, 0.1) is 0 Å². The molecule has 0 aromatic heterocycles. The van der Waals surface area contributed by atoms with Crippen LogP contribution in [0.5, 0.6) is 0 Å². The number of unbranched alkanes of at least 4 members (excludes halogenated alkanes) is 4. The van der Waals surface area contributed by atoms with Crippen molar-refractivity contribution in [1.29, 1.82) is 0 Å². The third-order valence-corrected chi connectivity index (χ3v) is 5.16. The quantitative estimate of drug-likeness (QED) is 0.476. The highest BCUT2D eigenvalue weighted by molar-refractivity contribution is 6.30. The van der Waals surface area contributed by atoms with Gasteiger partial charge in [-0.1, -0.05) is 69.2 Å². The van der Waals surface area contributed by atoms with E-state index in [2.05, 4.69) is 19.1 Å². The van der Waals surface area contributed by atoms with Gasteiger partial charge in [0.2, 0.25) is 0 Å². The zero-order valence-electron chi connectivity index (χ0n) is 12.9. The van der Waals surface area contributed by atoms with Gasteiger partial charge in [-0.2, -0.15) is 0 Å². The predicted octanol–water partition coefficient (Wildman–Crippen LogP) is 6.97. The predicted molar refractivity (Wildman–Crippen MR) is 89.5 cm³/mol. The second-order valence-corrected chi connectivity index (χ2v) is 6.91. The highest BCUT2D eigenvalue weighted by atomic mass is 35.5. The Bertz CT molecular complexity index is 360. The Morgan fingerprint density at radius 2 is 1.55 bits per heavy atom. The fraction of sp³-hybridized carbons (Fsp3) is 0.684. The summed E-state index contributed by atoms with van der Waals surface area (Å²) in [5.74, 6) is 1.78. The third kappa shape index (κ3) is 5.13. The lowest BCUT2D eigenvalue weighted by Gasteiger charge is -2.29. The molecule has 1 aromatic rings. The largest absolute Gasteiger partial charge is 0.0843 e. The maximum Gasteiger partial charge on any atom is 0.0406 e. The van der Waals surface area contributed by atoms with Crippen LogP contribution >= 0.6 is 11.6 Å². The Kier molecular flexibility index (Phi) is 6.93. The molecule has 2 rings (SSSR count). The van der Waals surface area contributed by atoms with Crippen molar-refractivity contribution in [3.63, 3.8) is 0 Å². The van der Waals surface area contributed by atoms with E-state index in [-0.39, 0.29) is 0 Å². The smallest absolute Gasteiger partial charge is 0.0406 e. The highest BCUT2D eigenvalue weighted by Gasteiger charge is 2.21. The molecule has 0 bridgehead atoms. The Morgan fingerprint density at radius 1 is 0.900 bits per heavy atom. The van der Waals surface area contributed by atoms with Gasteiger partial charge in [-0.3, -0.25) is 0 Å². The van der Waals surface area contributed by atoms with Crippen molar-refractivity contribution in [2.75, 3.05) is 0 Å². The summed E-state index contributed by atoms with van der Waals surface area (Å²) in [6, 6.07) is 8.52. The van der Waals surface area contributed by atoms with E-state index in [9.17, 15) is 0 Å². The van der Waals surface area contributed by atoms with Crippen molar-refractivity contribution in [2.45, 2.75) is 77.0 Å². The van der Waals surface area contributed by atoms with Crippen molar-refractivity contribution in [3.05, 3.63) is 34.9 Å². The normalized spacial score (nSPS) is 22.9. The summed E-state index contributed by atoms with van der Waals surface area (Å²) in [6.45, 7) is 2.29. The molecule has 0 amide bonds. The molecule has 0 radical (unpaired) electrons. The number of halogens is 1. The second kappa shape index (κ2) is 8.72. The molecule has 0 N–H and O–H groups in total. The van der Waals surface area contributed by atoms with Crippen LogP contribution in [-0.4, -0.2) is 0 Å². The maximum absolute atomic E-state index is 5.97. The minimum atomic E-state index is 0.781. The van der Waals surface area contributed by atoms with E-state index in [0.29, 0.717) is 0 Å². The van der Waals surface area contributed by atoms with Crippen LogP contribution in [0.3, 0.4) is 0 Å². The zero-order chi connectivity index (χ0) is 14.2. The van der Waals surface area contributed by atoms with Crippen LogP contribution in [0.2, 0.25) is 5.02 Å². The molecule has 1 aliphatic carbocycles. The summed E-state index contributed by atoms with van der Waals surface area (Å²) in [7, 11) is 0. The van der Waals surface area contributed by atoms with Crippen LogP contribution in [0.1, 0.15) is 82.6 Å². The van der Waals surface area contributed by atoms with E-state index in [1.54, 1.807) is 0 Å². The summed E-state index contributed by atoms with van der Waals surface area (Å²) >= 11 is 5.97. The first-order valence-electron chi connectivity index (χ1n) is 8.55. The van der Waals surface area contributed by atoms with Crippen LogP contribution in [0.25, 0.3) is 0 Å². The van der Waals surface area contributed by atoms with Crippen molar-refractivity contribution in [1.82, 2.24) is 0 Å². The number of hydrogen-bond donors (Lipinski definition) is 0. The number of benzene rings is 1. The van der Waals surface area contributed by atoms with Gasteiger partial charge in [0, 0.05) is 5.02 Å². The van der Waals surface area contributed by atoms with Gasteiger partial charge in [0.25, 0.3) is 0 Å². The van der Waals surface area contributed by atoms with Crippen LogP contribution in [0.4, 0.5) is 0 Å². The van der Waals surface area contributed by atoms with Gasteiger partial charge in [-0.05, 0) is 55.2 Å². The Morgan fingerprint density at radius 3 is 2.20 bits per heavy atom. The molecule has 1 saturated carbocycles. The average Bonchev–Trinajstić information content (AvgIpc) is 2.49. The summed E-state index contributed by atoms with van der Waals surface area (Å²) < 4.78 is 0. The monoisotopic (exact) mass is 292 g/mol. The number of hydrogen-bond acceptors (Lipinski definition) is 0. The third-order valence-electron chi connectivity index (χ3n) is 4.90. The summed E-state index contributed by atoms with van der Waals surface area (Å²) in [6.07, 6.45) is 14.2. The summed E-state index contributed by atoms with van der Waals surface area (Å²) in [5.41, 5.74) is 1.50. The van der Waals surface area contributed by atoms with Gasteiger partial charge >= 0.3 is 0 Å². The van der Waals surface area contributed by atoms with Crippen LogP contribution < -0.4 is 0 Å². The molecule has 1 fully saturated rings. The SMILES string of the molecule is CCCCCCC[C@H]1CC[C@H](c2ccc(Cl)cc2)CC1. The van der Waals surface area contributed by atoms with Crippen molar-refractivity contribution in [2.24, 2.45) is 5.92 Å². The molecule has 0 nitrogen and oxygen atoms in total. The fourth-order valence-electron chi connectivity index (χ4n) is 3.56. The summed E-state index contributed by atoms with van der Waals surface area (Å²) in [4.78, 5) is 0. The lowest BCUT2D eigenvalue weighted by Crippen LogP contribution is -2.13. The number of rotatable bonds is 7. The van der Waals surface area contributed by atoms with E-state index in [0.717, 1.165) is 16.9 Å². The topological polar surface area (TPSA) is 0 Å². The molecule has 1 heteroatoms. The van der Waals surface area contributed by atoms with E-state index < -0.39 is 0 Å². The van der Waals surface area contributed by atoms with Gasteiger partial charge in [-0.15, -0.1) is 0 Å².